The number of hydrogen-bond donors (Lipinski definition) is 1. The van der Waals surface area contributed by atoms with Crippen molar-refractivity contribution in [1.29, 1.82) is 0 Å². The van der Waals surface area contributed by atoms with Gasteiger partial charge in [0.05, 0.1) is 39.5 Å². The smallest absolute Gasteiger partial charge is 0.490 e. The van der Waals surface area contributed by atoms with Crippen molar-refractivity contribution in [2.24, 2.45) is 0 Å². The Morgan fingerprint density at radius 1 is 0.953 bits per heavy atom. The summed E-state index contributed by atoms with van der Waals surface area (Å²) in [5, 5.41) is 15.7. The number of hydrogen-bond acceptors (Lipinski definition) is 10. The fourth-order valence-corrected chi connectivity index (χ4v) is 4.85. The van der Waals surface area contributed by atoms with Crippen LogP contribution in [0.4, 0.5) is 17.6 Å². The van der Waals surface area contributed by atoms with Crippen molar-refractivity contribution in [3.63, 3.8) is 0 Å². The van der Waals surface area contributed by atoms with Crippen molar-refractivity contribution in [3.8, 4) is 34.3 Å². The molecule has 0 saturated carbocycles. The van der Waals surface area contributed by atoms with Gasteiger partial charge >= 0.3 is 12.1 Å². The third-order valence-electron chi connectivity index (χ3n) is 5.59. The molecular formula is C26H25F4N5O7S. The maximum atomic E-state index is 13.1. The van der Waals surface area contributed by atoms with E-state index in [0.29, 0.717) is 34.3 Å². The molecule has 0 aliphatic carbocycles. The molecule has 2 aromatic carbocycles. The summed E-state index contributed by atoms with van der Waals surface area (Å²) in [7, 11) is 0.868. The van der Waals surface area contributed by atoms with Crippen LogP contribution in [0.2, 0.25) is 0 Å². The van der Waals surface area contributed by atoms with E-state index in [4.69, 9.17) is 24.1 Å². The van der Waals surface area contributed by atoms with Gasteiger partial charge in [0.2, 0.25) is 0 Å². The van der Waals surface area contributed by atoms with Crippen LogP contribution in [0.15, 0.2) is 54.9 Å². The van der Waals surface area contributed by atoms with Gasteiger partial charge in [0, 0.05) is 12.0 Å². The number of rotatable bonds is 10. The van der Waals surface area contributed by atoms with Gasteiger partial charge in [0.25, 0.3) is 0 Å². The molecule has 0 radical (unpaired) electrons. The molecule has 2 aromatic heterocycles. The van der Waals surface area contributed by atoms with Gasteiger partial charge in [-0.25, -0.2) is 27.6 Å². The van der Waals surface area contributed by atoms with Gasteiger partial charge in [-0.15, -0.1) is 10.2 Å². The summed E-state index contributed by atoms with van der Waals surface area (Å²) >= 11 is 0. The Morgan fingerprint density at radius 3 is 2.07 bits per heavy atom. The number of benzene rings is 2. The van der Waals surface area contributed by atoms with Crippen LogP contribution in [0.1, 0.15) is 11.6 Å². The number of aromatic nitrogens is 5. The number of nitrogens with zero attached hydrogens (tertiary/aromatic N) is 5. The van der Waals surface area contributed by atoms with Crippen LogP contribution < -0.4 is 14.2 Å². The molecule has 2 heterocycles. The predicted molar refractivity (Wildman–Crippen MR) is 143 cm³/mol. The lowest BCUT2D eigenvalue weighted by Gasteiger charge is -2.17. The number of alkyl halides is 3. The van der Waals surface area contributed by atoms with Crippen LogP contribution in [0, 0.1) is 5.82 Å². The van der Waals surface area contributed by atoms with Gasteiger partial charge in [-0.2, -0.15) is 13.2 Å². The van der Waals surface area contributed by atoms with E-state index in [2.05, 4.69) is 20.2 Å². The minimum Gasteiger partial charge on any atom is -0.497 e. The zero-order valence-electron chi connectivity index (χ0n) is 22.9. The molecular weight excluding hydrogens is 602 g/mol. The molecule has 4 aromatic rings. The number of halogens is 4. The summed E-state index contributed by atoms with van der Waals surface area (Å²) in [5.41, 5.74) is 1.11. The van der Waals surface area contributed by atoms with E-state index in [1.807, 2.05) is 6.07 Å². The van der Waals surface area contributed by atoms with E-state index in [1.165, 1.54) is 14.2 Å². The average Bonchev–Trinajstić information content (AvgIpc) is 3.38. The SMILES string of the molecule is COc1cccc(-c2nnc(CS(=O)(=O)CCc3ncc(F)cn3)n2-c2c(OC)cccc2OC)c1.O=C(O)C(F)(F)F. The van der Waals surface area contributed by atoms with E-state index in [0.717, 1.165) is 12.4 Å². The maximum Gasteiger partial charge on any atom is 0.490 e. The van der Waals surface area contributed by atoms with Crippen LogP contribution in [0.5, 0.6) is 17.2 Å². The minimum atomic E-state index is -5.08. The topological polar surface area (TPSA) is 156 Å². The normalized spacial score (nSPS) is 11.3. The van der Waals surface area contributed by atoms with Gasteiger partial charge in [-0.05, 0) is 24.3 Å². The second kappa shape index (κ2) is 13.9. The number of ether oxygens (including phenoxy) is 3. The van der Waals surface area contributed by atoms with Gasteiger partial charge in [-0.1, -0.05) is 18.2 Å². The number of carbonyl (C=O) groups is 1. The fraction of sp³-hybridized carbons (Fsp3) is 0.269. The predicted octanol–water partition coefficient (Wildman–Crippen LogP) is 3.68. The lowest BCUT2D eigenvalue weighted by atomic mass is 10.2. The van der Waals surface area contributed by atoms with Crippen LogP contribution in [-0.2, 0) is 26.8 Å². The van der Waals surface area contributed by atoms with E-state index in [1.54, 1.807) is 48.1 Å². The third-order valence-corrected chi connectivity index (χ3v) is 7.11. The highest BCUT2D eigenvalue weighted by Crippen LogP contribution is 2.37. The quantitative estimate of drug-likeness (QED) is 0.256. The standard InChI is InChI=1S/C24H24FN5O5S.C2HF3O2/c1-33-18-7-4-6-16(12-18)24-29-28-22(30(24)23-19(34-2)8-5-9-20(23)35-3)15-36(31,32)11-10-21-26-13-17(25)14-27-21;3-2(4,5)1(6)7/h4-9,12-14H,10-11,15H2,1-3H3;(H,6,7). The number of sulfone groups is 1. The Bertz CT molecular complexity index is 1640. The number of aliphatic carboxylic acids is 1. The largest absolute Gasteiger partial charge is 0.497 e. The van der Waals surface area contributed by atoms with Crippen LogP contribution >= 0.6 is 0 Å². The molecule has 1 N–H and O–H groups in total. The number of aryl methyl sites for hydroxylation is 1. The molecule has 0 amide bonds. The summed E-state index contributed by atoms with van der Waals surface area (Å²) in [6.45, 7) is 0. The highest BCUT2D eigenvalue weighted by molar-refractivity contribution is 7.90. The van der Waals surface area contributed by atoms with E-state index < -0.39 is 33.6 Å². The molecule has 230 valence electrons. The number of carboxylic acid groups (broad SMARTS) is 1. The lowest BCUT2D eigenvalue weighted by molar-refractivity contribution is -0.192. The highest BCUT2D eigenvalue weighted by Gasteiger charge is 2.38. The lowest BCUT2D eigenvalue weighted by Crippen LogP contribution is -2.21. The zero-order valence-corrected chi connectivity index (χ0v) is 23.7. The Kier molecular flexibility index (Phi) is 10.6. The number of methoxy groups -OCH3 is 3. The van der Waals surface area contributed by atoms with E-state index in [-0.39, 0.29) is 23.8 Å². The third kappa shape index (κ3) is 8.60. The van der Waals surface area contributed by atoms with Gasteiger partial charge < -0.3 is 19.3 Å². The molecule has 0 fully saturated rings. The van der Waals surface area contributed by atoms with Gasteiger partial charge in [0.1, 0.15) is 34.5 Å². The molecule has 43 heavy (non-hydrogen) atoms. The van der Waals surface area contributed by atoms with E-state index in [9.17, 15) is 26.0 Å². The summed E-state index contributed by atoms with van der Waals surface area (Å²) in [4.78, 5) is 16.6. The molecule has 4 rings (SSSR count). The maximum absolute atomic E-state index is 13.1. The van der Waals surface area contributed by atoms with Crippen LogP contribution in [0.3, 0.4) is 0 Å². The summed E-state index contributed by atoms with van der Waals surface area (Å²) in [6, 6.07) is 12.4. The Hall–Kier alpha value is -4.80. The molecule has 0 saturated heterocycles. The van der Waals surface area contributed by atoms with Crippen molar-refractivity contribution in [3.05, 3.63) is 72.3 Å². The first-order valence-electron chi connectivity index (χ1n) is 12.1. The fourth-order valence-electron chi connectivity index (χ4n) is 3.63. The molecule has 0 aliphatic rings. The monoisotopic (exact) mass is 627 g/mol. The first-order valence-corrected chi connectivity index (χ1v) is 13.9. The van der Waals surface area contributed by atoms with E-state index >= 15 is 0 Å². The Balaban J connectivity index is 0.000000646. The summed E-state index contributed by atoms with van der Waals surface area (Å²) in [5.74, 6) is -1.78. The molecule has 17 heteroatoms. The minimum absolute atomic E-state index is 0.0253. The average molecular weight is 628 g/mol. The molecule has 12 nitrogen and oxygen atoms in total. The number of para-hydroxylation sites is 1. The van der Waals surface area contributed by atoms with Crippen molar-refractivity contribution < 1.29 is 50.1 Å². The zero-order chi connectivity index (χ0) is 31.8. The van der Waals surface area contributed by atoms with Crippen molar-refractivity contribution in [2.75, 3.05) is 27.1 Å². The van der Waals surface area contributed by atoms with Gasteiger partial charge in [-0.3, -0.25) is 4.57 Å². The van der Waals surface area contributed by atoms with Crippen molar-refractivity contribution >= 4 is 15.8 Å². The number of carboxylic acids is 1. The Labute approximate surface area is 242 Å². The van der Waals surface area contributed by atoms with Crippen molar-refractivity contribution in [1.82, 2.24) is 24.7 Å². The Morgan fingerprint density at radius 2 is 1.53 bits per heavy atom. The van der Waals surface area contributed by atoms with Crippen LogP contribution in [-0.4, -0.2) is 77.5 Å². The molecule has 0 spiro atoms. The molecule has 0 bridgehead atoms. The first-order chi connectivity index (χ1) is 20.3. The molecule has 0 unspecified atom stereocenters. The summed E-state index contributed by atoms with van der Waals surface area (Å²) < 4.78 is 89.1. The molecule has 0 aliphatic heterocycles. The van der Waals surface area contributed by atoms with Crippen molar-refractivity contribution in [2.45, 2.75) is 18.3 Å². The second-order valence-electron chi connectivity index (χ2n) is 8.48. The second-order valence-corrected chi connectivity index (χ2v) is 10.7. The van der Waals surface area contributed by atoms with Crippen LogP contribution in [0.25, 0.3) is 17.1 Å². The van der Waals surface area contributed by atoms with Gasteiger partial charge in [0.15, 0.2) is 27.3 Å². The highest BCUT2D eigenvalue weighted by atomic mass is 32.2. The summed E-state index contributed by atoms with van der Waals surface area (Å²) in [6.07, 6.45) is -3.06. The first kappa shape index (κ1) is 32.7. The molecule has 0 atom stereocenters.